The topological polar surface area (TPSA) is 0 Å². The molecule has 31 heavy (non-hydrogen) atoms. The minimum absolute atomic E-state index is 0.552. The minimum atomic E-state index is 0.552. The highest BCUT2D eigenvalue weighted by Gasteiger charge is 2.57. The summed E-state index contributed by atoms with van der Waals surface area (Å²) in [6, 6.07) is 0. The summed E-state index contributed by atoms with van der Waals surface area (Å²) >= 11 is 0. The van der Waals surface area contributed by atoms with Crippen LogP contribution in [0.4, 0.5) is 0 Å². The molecule has 0 aromatic carbocycles. The zero-order valence-corrected chi connectivity index (χ0v) is 21.0. The number of hydrogen-bond donors (Lipinski definition) is 0. The second-order valence-corrected chi connectivity index (χ2v) is 12.0. The van der Waals surface area contributed by atoms with Gasteiger partial charge in [0.2, 0.25) is 0 Å². The van der Waals surface area contributed by atoms with E-state index in [-0.39, 0.29) is 0 Å². The molecule has 0 aromatic heterocycles. The molecule has 0 N–H and O–H groups in total. The molecule has 172 valence electrons. The highest BCUT2D eigenvalue weighted by molar-refractivity contribution is 5.25. The fraction of sp³-hybridized carbons (Fsp3) is 0.742. The van der Waals surface area contributed by atoms with Gasteiger partial charge in [-0.15, -0.1) is 0 Å². The fourth-order valence-electron chi connectivity index (χ4n) is 8.83. The van der Waals surface area contributed by atoms with Crippen LogP contribution in [0.15, 0.2) is 48.1 Å². The molecule has 3 saturated carbocycles. The predicted molar refractivity (Wildman–Crippen MR) is 136 cm³/mol. The van der Waals surface area contributed by atoms with Crippen LogP contribution in [-0.2, 0) is 0 Å². The molecule has 0 spiro atoms. The van der Waals surface area contributed by atoms with Crippen molar-refractivity contribution in [3.05, 3.63) is 48.1 Å². The van der Waals surface area contributed by atoms with Crippen molar-refractivity contribution in [3.8, 4) is 0 Å². The first-order valence-corrected chi connectivity index (χ1v) is 13.6. The van der Waals surface area contributed by atoms with E-state index in [0.29, 0.717) is 16.7 Å². The molecule has 0 heteroatoms. The van der Waals surface area contributed by atoms with E-state index in [2.05, 4.69) is 58.6 Å². The van der Waals surface area contributed by atoms with Gasteiger partial charge in [-0.25, -0.2) is 0 Å². The van der Waals surface area contributed by atoms with Gasteiger partial charge in [-0.05, 0) is 117 Å². The third kappa shape index (κ3) is 4.18. The highest BCUT2D eigenvalue weighted by atomic mass is 14.6. The van der Waals surface area contributed by atoms with E-state index in [4.69, 9.17) is 0 Å². The zero-order chi connectivity index (χ0) is 22.1. The van der Waals surface area contributed by atoms with Crippen molar-refractivity contribution in [2.75, 3.05) is 0 Å². The Kier molecular flexibility index (Phi) is 7.05. The molecular weight excluding hydrogens is 372 g/mol. The molecule has 0 heterocycles. The highest BCUT2D eigenvalue weighted by Crippen LogP contribution is 2.66. The van der Waals surface area contributed by atoms with E-state index in [9.17, 15) is 0 Å². The van der Waals surface area contributed by atoms with Crippen molar-refractivity contribution in [2.24, 2.45) is 40.4 Å². The number of allylic oxidation sites excluding steroid dienone is 7. The molecule has 0 aliphatic heterocycles. The van der Waals surface area contributed by atoms with Crippen LogP contribution < -0.4 is 0 Å². The van der Waals surface area contributed by atoms with Crippen LogP contribution in [0.5, 0.6) is 0 Å². The van der Waals surface area contributed by atoms with Gasteiger partial charge in [-0.3, -0.25) is 0 Å². The molecule has 7 atom stereocenters. The first-order valence-electron chi connectivity index (χ1n) is 13.6. The van der Waals surface area contributed by atoms with Gasteiger partial charge < -0.3 is 0 Å². The Morgan fingerprint density at radius 2 is 2.00 bits per heavy atom. The quantitative estimate of drug-likeness (QED) is 0.284. The molecule has 0 bridgehead atoms. The Balaban J connectivity index is 1.39. The van der Waals surface area contributed by atoms with E-state index in [1.807, 2.05) is 11.6 Å². The van der Waals surface area contributed by atoms with E-state index < -0.39 is 0 Å². The summed E-state index contributed by atoms with van der Waals surface area (Å²) in [6.07, 6.45) is 28.7. The lowest BCUT2D eigenvalue weighted by Crippen LogP contribution is -2.49. The van der Waals surface area contributed by atoms with Crippen molar-refractivity contribution < 1.29 is 0 Å². The van der Waals surface area contributed by atoms with Crippen LogP contribution in [0.1, 0.15) is 105 Å². The predicted octanol–water partition coefficient (Wildman–Crippen LogP) is 9.45. The Morgan fingerprint density at radius 3 is 2.77 bits per heavy atom. The van der Waals surface area contributed by atoms with Gasteiger partial charge in [-0.2, -0.15) is 0 Å². The Morgan fingerprint density at radius 1 is 1.16 bits per heavy atom. The van der Waals surface area contributed by atoms with Crippen LogP contribution in [0, 0.1) is 40.4 Å². The molecule has 7 unspecified atom stereocenters. The first-order chi connectivity index (χ1) is 14.9. The molecule has 4 rings (SSSR count). The lowest BCUT2D eigenvalue weighted by atomic mass is 9.47. The van der Waals surface area contributed by atoms with Crippen LogP contribution in [0.25, 0.3) is 0 Å². The third-order valence-electron chi connectivity index (χ3n) is 10.6. The summed E-state index contributed by atoms with van der Waals surface area (Å²) in [5.74, 6) is 4.56. The van der Waals surface area contributed by atoms with E-state index in [1.54, 1.807) is 0 Å². The smallest absolute Gasteiger partial charge is 0.00853 e. The average molecular weight is 421 g/mol. The summed E-state index contributed by atoms with van der Waals surface area (Å²) in [4.78, 5) is 0. The van der Waals surface area contributed by atoms with Crippen molar-refractivity contribution in [3.63, 3.8) is 0 Å². The van der Waals surface area contributed by atoms with Crippen LogP contribution in [-0.4, -0.2) is 0 Å². The van der Waals surface area contributed by atoms with E-state index in [1.165, 1.54) is 82.6 Å². The van der Waals surface area contributed by atoms with Gasteiger partial charge in [0, 0.05) is 0 Å². The largest absolute Gasteiger partial charge is 0.0991 e. The average Bonchev–Trinajstić information content (AvgIpc) is 3.09. The molecule has 4 aliphatic rings. The minimum Gasteiger partial charge on any atom is -0.0991 e. The molecule has 4 aliphatic carbocycles. The second-order valence-electron chi connectivity index (χ2n) is 12.0. The third-order valence-corrected chi connectivity index (χ3v) is 10.6. The maximum absolute atomic E-state index is 3.91. The Hall–Kier alpha value is -1.04. The van der Waals surface area contributed by atoms with Crippen molar-refractivity contribution in [1.29, 1.82) is 0 Å². The molecule has 0 radical (unpaired) electrons. The Bertz CT molecular complexity index is 735. The maximum atomic E-state index is 3.91. The molecule has 0 nitrogen and oxygen atoms in total. The van der Waals surface area contributed by atoms with Gasteiger partial charge in [-0.1, -0.05) is 76.1 Å². The van der Waals surface area contributed by atoms with Gasteiger partial charge in [0.05, 0.1) is 0 Å². The van der Waals surface area contributed by atoms with E-state index in [0.717, 1.165) is 23.7 Å². The maximum Gasteiger partial charge on any atom is -0.00853 e. The number of rotatable bonds is 7. The molecular formula is C31H48. The molecule has 0 saturated heterocycles. The van der Waals surface area contributed by atoms with Gasteiger partial charge in [0.15, 0.2) is 0 Å². The van der Waals surface area contributed by atoms with Crippen molar-refractivity contribution in [2.45, 2.75) is 105 Å². The second kappa shape index (κ2) is 9.44. The number of hydrogen-bond acceptors (Lipinski definition) is 0. The van der Waals surface area contributed by atoms with Crippen molar-refractivity contribution in [1.82, 2.24) is 0 Å². The monoisotopic (exact) mass is 420 g/mol. The molecule has 0 aromatic rings. The lowest BCUT2D eigenvalue weighted by molar-refractivity contribution is -0.0425. The Labute approximate surface area is 193 Å². The SMILES string of the molecule is C=C/C=C(\C=C/C)C(C)CCCC1CCC2C3CC=C4CCCCC4(C)C3CCC12C. The van der Waals surface area contributed by atoms with Crippen LogP contribution in [0.2, 0.25) is 0 Å². The molecule has 3 fully saturated rings. The van der Waals surface area contributed by atoms with Gasteiger partial charge in [0.1, 0.15) is 0 Å². The van der Waals surface area contributed by atoms with E-state index >= 15 is 0 Å². The van der Waals surface area contributed by atoms with Gasteiger partial charge in [0.25, 0.3) is 0 Å². The standard InChI is InChI=1S/C31H48/c1-6-11-24(12-7-2)23(3)13-10-15-26-17-19-28-27-18-16-25-14-8-9-21-30(25,4)29(27)20-22-31(26,28)5/h6-7,11-12,16,23,26-29H,1,8-10,13-15,17-22H2,2-5H3/b12-7-,24-11+. The summed E-state index contributed by atoms with van der Waals surface area (Å²) < 4.78 is 0. The van der Waals surface area contributed by atoms with Crippen LogP contribution in [0.3, 0.4) is 0 Å². The summed E-state index contributed by atoms with van der Waals surface area (Å²) in [6.45, 7) is 13.8. The summed E-state index contributed by atoms with van der Waals surface area (Å²) in [7, 11) is 0. The first kappa shape index (κ1) is 23.1. The zero-order valence-electron chi connectivity index (χ0n) is 21.0. The fourth-order valence-corrected chi connectivity index (χ4v) is 8.83. The summed E-state index contributed by atoms with van der Waals surface area (Å²) in [5, 5.41) is 0. The summed E-state index contributed by atoms with van der Waals surface area (Å²) in [5.41, 5.74) is 4.47. The van der Waals surface area contributed by atoms with Crippen molar-refractivity contribution >= 4 is 0 Å². The molecule has 0 amide bonds. The normalized spacial score (nSPS) is 41.3. The lowest BCUT2D eigenvalue weighted by Gasteiger charge is -2.57. The van der Waals surface area contributed by atoms with Crippen LogP contribution >= 0.6 is 0 Å². The van der Waals surface area contributed by atoms with Gasteiger partial charge >= 0.3 is 0 Å². The number of fused-ring (bicyclic) bond motifs is 5.